The fourth-order valence-corrected chi connectivity index (χ4v) is 2.52. The summed E-state index contributed by atoms with van der Waals surface area (Å²) in [5.41, 5.74) is 1.28. The van der Waals surface area contributed by atoms with Crippen molar-refractivity contribution in [2.45, 2.75) is 32.9 Å². The summed E-state index contributed by atoms with van der Waals surface area (Å²) in [7, 11) is 1.65. The van der Waals surface area contributed by atoms with Gasteiger partial charge in [-0.1, -0.05) is 0 Å². The van der Waals surface area contributed by atoms with Gasteiger partial charge in [0.25, 0.3) is 0 Å². The number of carbonyl (C=O) groups is 1. The van der Waals surface area contributed by atoms with Crippen molar-refractivity contribution in [2.75, 3.05) is 7.05 Å². The smallest absolute Gasteiger partial charge is 0.236 e. The third-order valence-corrected chi connectivity index (χ3v) is 3.64. The number of nitrogens with one attached hydrogen (secondary N) is 2. The van der Waals surface area contributed by atoms with E-state index in [1.165, 1.54) is 10.4 Å². The molecule has 0 aliphatic rings. The maximum Gasteiger partial charge on any atom is 0.236 e. The van der Waals surface area contributed by atoms with Crippen LogP contribution in [0.1, 0.15) is 30.3 Å². The van der Waals surface area contributed by atoms with Gasteiger partial charge in [0, 0.05) is 18.0 Å². The standard InChI is InChI=1S/C11H18N2OS/c1-7-5-6-15-10(7)8(2)13-9(3)11(14)12-4/h5-6,8-9,13H,1-4H3,(H,12,14). The van der Waals surface area contributed by atoms with E-state index in [9.17, 15) is 4.79 Å². The molecule has 0 aliphatic heterocycles. The summed E-state index contributed by atoms with van der Waals surface area (Å²) >= 11 is 1.72. The van der Waals surface area contributed by atoms with Gasteiger partial charge in [-0.15, -0.1) is 11.3 Å². The molecule has 0 fully saturated rings. The first kappa shape index (κ1) is 12.2. The molecule has 0 aliphatic carbocycles. The number of amides is 1. The highest BCUT2D eigenvalue weighted by Crippen LogP contribution is 2.23. The number of thiophene rings is 1. The number of carbonyl (C=O) groups excluding carboxylic acids is 1. The molecule has 0 aromatic carbocycles. The van der Waals surface area contributed by atoms with Gasteiger partial charge in [-0.25, -0.2) is 0 Å². The molecule has 2 N–H and O–H groups in total. The molecular weight excluding hydrogens is 208 g/mol. The van der Waals surface area contributed by atoms with Crippen molar-refractivity contribution < 1.29 is 4.79 Å². The van der Waals surface area contributed by atoms with Crippen LogP contribution in [-0.2, 0) is 4.79 Å². The van der Waals surface area contributed by atoms with Crippen molar-refractivity contribution in [1.82, 2.24) is 10.6 Å². The number of aryl methyl sites for hydroxylation is 1. The number of hydrogen-bond donors (Lipinski definition) is 2. The molecule has 0 radical (unpaired) electrons. The average molecular weight is 226 g/mol. The minimum atomic E-state index is -0.161. The Kier molecular flexibility index (Phi) is 4.29. The number of hydrogen-bond acceptors (Lipinski definition) is 3. The Morgan fingerprint density at radius 2 is 2.13 bits per heavy atom. The normalized spacial score (nSPS) is 14.7. The third-order valence-electron chi connectivity index (χ3n) is 2.43. The van der Waals surface area contributed by atoms with E-state index >= 15 is 0 Å². The Balaban J connectivity index is 2.60. The molecule has 4 heteroatoms. The van der Waals surface area contributed by atoms with Crippen LogP contribution in [0.4, 0.5) is 0 Å². The lowest BCUT2D eigenvalue weighted by atomic mass is 10.1. The van der Waals surface area contributed by atoms with Gasteiger partial charge in [0.05, 0.1) is 6.04 Å². The van der Waals surface area contributed by atoms with E-state index in [2.05, 4.69) is 35.9 Å². The van der Waals surface area contributed by atoms with E-state index < -0.39 is 0 Å². The van der Waals surface area contributed by atoms with Gasteiger partial charge >= 0.3 is 0 Å². The van der Waals surface area contributed by atoms with Crippen molar-refractivity contribution in [3.8, 4) is 0 Å². The zero-order valence-electron chi connectivity index (χ0n) is 9.63. The maximum atomic E-state index is 11.3. The second-order valence-electron chi connectivity index (χ2n) is 3.69. The highest BCUT2D eigenvalue weighted by molar-refractivity contribution is 7.10. The molecule has 1 amide bonds. The zero-order valence-corrected chi connectivity index (χ0v) is 10.4. The van der Waals surface area contributed by atoms with Gasteiger partial charge in [-0.2, -0.15) is 0 Å². The van der Waals surface area contributed by atoms with E-state index in [0.29, 0.717) is 0 Å². The monoisotopic (exact) mass is 226 g/mol. The van der Waals surface area contributed by atoms with E-state index in [1.54, 1.807) is 18.4 Å². The van der Waals surface area contributed by atoms with Crippen molar-refractivity contribution in [1.29, 1.82) is 0 Å². The predicted molar refractivity (Wildman–Crippen MR) is 64.1 cm³/mol. The van der Waals surface area contributed by atoms with Crippen molar-refractivity contribution in [2.24, 2.45) is 0 Å². The Bertz CT molecular complexity index is 335. The number of rotatable bonds is 4. The van der Waals surface area contributed by atoms with Crippen LogP contribution in [-0.4, -0.2) is 19.0 Å². The molecule has 84 valence electrons. The van der Waals surface area contributed by atoms with Gasteiger partial charge in [0.2, 0.25) is 5.91 Å². The van der Waals surface area contributed by atoms with Gasteiger partial charge in [-0.05, 0) is 37.8 Å². The summed E-state index contributed by atoms with van der Waals surface area (Å²) in [6.45, 7) is 6.05. The van der Waals surface area contributed by atoms with E-state index in [1.807, 2.05) is 6.92 Å². The van der Waals surface area contributed by atoms with Crippen LogP contribution in [0.3, 0.4) is 0 Å². The molecule has 1 rings (SSSR count). The number of likely N-dealkylation sites (N-methyl/N-ethyl adjacent to an activating group) is 1. The Hall–Kier alpha value is -0.870. The van der Waals surface area contributed by atoms with Gasteiger partial charge in [0.15, 0.2) is 0 Å². The topological polar surface area (TPSA) is 41.1 Å². The van der Waals surface area contributed by atoms with Crippen LogP contribution in [0, 0.1) is 6.92 Å². The van der Waals surface area contributed by atoms with Gasteiger partial charge in [-0.3, -0.25) is 10.1 Å². The molecule has 0 saturated carbocycles. The second-order valence-corrected chi connectivity index (χ2v) is 4.64. The van der Waals surface area contributed by atoms with Crippen LogP contribution in [0.15, 0.2) is 11.4 Å². The second kappa shape index (κ2) is 5.28. The first-order chi connectivity index (χ1) is 7.06. The van der Waals surface area contributed by atoms with Gasteiger partial charge in [0.1, 0.15) is 0 Å². The summed E-state index contributed by atoms with van der Waals surface area (Å²) in [4.78, 5) is 12.6. The molecule has 1 aromatic rings. The SMILES string of the molecule is CNC(=O)C(C)NC(C)c1sccc1C. The Morgan fingerprint density at radius 1 is 1.47 bits per heavy atom. The summed E-state index contributed by atoms with van der Waals surface area (Å²) in [5.74, 6) is 0.0241. The van der Waals surface area contributed by atoms with Crippen LogP contribution in [0.5, 0.6) is 0 Å². The first-order valence-electron chi connectivity index (χ1n) is 5.08. The van der Waals surface area contributed by atoms with Crippen molar-refractivity contribution in [3.63, 3.8) is 0 Å². The largest absolute Gasteiger partial charge is 0.358 e. The molecule has 1 aromatic heterocycles. The molecule has 2 unspecified atom stereocenters. The summed E-state index contributed by atoms with van der Waals surface area (Å²) in [6.07, 6.45) is 0. The molecule has 0 bridgehead atoms. The lowest BCUT2D eigenvalue weighted by Crippen LogP contribution is -2.41. The first-order valence-corrected chi connectivity index (χ1v) is 5.96. The summed E-state index contributed by atoms with van der Waals surface area (Å²) in [6, 6.07) is 2.16. The molecule has 0 spiro atoms. The molecule has 2 atom stereocenters. The van der Waals surface area contributed by atoms with Crippen molar-refractivity contribution >= 4 is 17.2 Å². The molecule has 3 nitrogen and oxygen atoms in total. The molecule has 0 saturated heterocycles. The van der Waals surface area contributed by atoms with Crippen LogP contribution < -0.4 is 10.6 Å². The molecular formula is C11H18N2OS. The quantitative estimate of drug-likeness (QED) is 0.822. The van der Waals surface area contributed by atoms with Crippen LogP contribution >= 0.6 is 11.3 Å². The third kappa shape index (κ3) is 3.04. The Morgan fingerprint density at radius 3 is 2.60 bits per heavy atom. The fraction of sp³-hybridized carbons (Fsp3) is 0.545. The van der Waals surface area contributed by atoms with E-state index in [0.717, 1.165) is 0 Å². The van der Waals surface area contributed by atoms with Gasteiger partial charge < -0.3 is 5.32 Å². The van der Waals surface area contributed by atoms with E-state index in [-0.39, 0.29) is 18.0 Å². The zero-order chi connectivity index (χ0) is 11.4. The predicted octanol–water partition coefficient (Wildman–Crippen LogP) is 1.84. The highest BCUT2D eigenvalue weighted by atomic mass is 32.1. The highest BCUT2D eigenvalue weighted by Gasteiger charge is 2.16. The maximum absolute atomic E-state index is 11.3. The van der Waals surface area contributed by atoms with Crippen LogP contribution in [0.25, 0.3) is 0 Å². The minimum absolute atomic E-state index is 0.0241. The fourth-order valence-electron chi connectivity index (χ4n) is 1.57. The lowest BCUT2D eigenvalue weighted by molar-refractivity contribution is -0.122. The minimum Gasteiger partial charge on any atom is -0.358 e. The Labute approximate surface area is 94.9 Å². The lowest BCUT2D eigenvalue weighted by Gasteiger charge is -2.18. The van der Waals surface area contributed by atoms with Crippen LogP contribution in [0.2, 0.25) is 0 Å². The van der Waals surface area contributed by atoms with E-state index in [4.69, 9.17) is 0 Å². The average Bonchev–Trinajstić information content (AvgIpc) is 2.63. The van der Waals surface area contributed by atoms with Crippen molar-refractivity contribution in [3.05, 3.63) is 21.9 Å². The molecule has 1 heterocycles. The molecule has 15 heavy (non-hydrogen) atoms. The summed E-state index contributed by atoms with van der Waals surface area (Å²) < 4.78 is 0. The summed E-state index contributed by atoms with van der Waals surface area (Å²) in [5, 5.41) is 7.98.